The predicted molar refractivity (Wildman–Crippen MR) is 42.5 cm³/mol. The fraction of sp³-hybridized carbons (Fsp3) is 0.444. The maximum atomic E-state index is 8.97. The van der Waals surface area contributed by atoms with Gasteiger partial charge in [-0.2, -0.15) is 0 Å². The zero-order valence-electron chi connectivity index (χ0n) is 6.33. The molecule has 0 spiro atoms. The van der Waals surface area contributed by atoms with Gasteiger partial charge in [-0.3, -0.25) is 4.98 Å². The van der Waals surface area contributed by atoms with Crippen molar-refractivity contribution in [2.45, 2.75) is 25.2 Å². The van der Waals surface area contributed by atoms with E-state index in [0.29, 0.717) is 5.92 Å². The summed E-state index contributed by atoms with van der Waals surface area (Å²) in [6, 6.07) is 3.62. The lowest BCUT2D eigenvalue weighted by atomic mass is 9.83. The van der Waals surface area contributed by atoms with Gasteiger partial charge < -0.3 is 5.11 Å². The van der Waals surface area contributed by atoms with Gasteiger partial charge in [-0.25, -0.2) is 0 Å². The van der Waals surface area contributed by atoms with Crippen molar-refractivity contribution in [1.82, 2.24) is 4.98 Å². The second-order valence-corrected chi connectivity index (χ2v) is 3.07. The van der Waals surface area contributed by atoms with Gasteiger partial charge in [-0.05, 0) is 25.0 Å². The maximum Gasteiger partial charge on any atom is 0.133 e. The number of aromatic hydroxyl groups is 1. The van der Waals surface area contributed by atoms with Crippen molar-refractivity contribution in [3.05, 3.63) is 24.0 Å². The zero-order valence-corrected chi connectivity index (χ0v) is 6.33. The van der Waals surface area contributed by atoms with Crippen molar-refractivity contribution in [2.75, 3.05) is 0 Å². The molecule has 1 saturated carbocycles. The van der Waals surface area contributed by atoms with E-state index in [1.165, 1.54) is 25.5 Å². The van der Waals surface area contributed by atoms with E-state index in [9.17, 15) is 0 Å². The van der Waals surface area contributed by atoms with Crippen LogP contribution in [0.25, 0.3) is 0 Å². The third kappa shape index (κ3) is 1.20. The molecule has 1 N–H and O–H groups in total. The van der Waals surface area contributed by atoms with E-state index in [-0.39, 0.29) is 5.75 Å². The molecule has 0 amide bonds. The lowest BCUT2D eigenvalue weighted by Crippen LogP contribution is -2.09. The SMILES string of the molecule is Oc1ccc(C2CCC2)nc1. The minimum atomic E-state index is 0.257. The molecule has 1 fully saturated rings. The molecular weight excluding hydrogens is 138 g/mol. The van der Waals surface area contributed by atoms with Gasteiger partial charge in [-0.1, -0.05) is 6.42 Å². The molecule has 0 aromatic carbocycles. The second-order valence-electron chi connectivity index (χ2n) is 3.07. The van der Waals surface area contributed by atoms with Gasteiger partial charge in [-0.15, -0.1) is 0 Å². The summed E-state index contributed by atoms with van der Waals surface area (Å²) < 4.78 is 0. The summed E-state index contributed by atoms with van der Waals surface area (Å²) in [6.07, 6.45) is 5.37. The standard InChI is InChI=1S/C9H11NO/c11-8-4-5-9(10-6-8)7-2-1-3-7/h4-7,11H,1-3H2. The highest BCUT2D eigenvalue weighted by Crippen LogP contribution is 2.35. The summed E-state index contributed by atoms with van der Waals surface area (Å²) in [4.78, 5) is 4.15. The lowest BCUT2D eigenvalue weighted by Gasteiger charge is -2.24. The molecule has 2 nitrogen and oxygen atoms in total. The molecule has 1 aromatic rings. The second kappa shape index (κ2) is 2.53. The molecule has 1 aliphatic rings. The van der Waals surface area contributed by atoms with E-state index in [2.05, 4.69) is 4.98 Å². The van der Waals surface area contributed by atoms with Gasteiger partial charge in [0, 0.05) is 11.6 Å². The topological polar surface area (TPSA) is 33.1 Å². The van der Waals surface area contributed by atoms with Crippen molar-refractivity contribution >= 4 is 0 Å². The fourth-order valence-electron chi connectivity index (χ4n) is 1.34. The third-order valence-electron chi connectivity index (χ3n) is 2.29. The first kappa shape index (κ1) is 6.65. The number of rotatable bonds is 1. The van der Waals surface area contributed by atoms with Gasteiger partial charge in [0.2, 0.25) is 0 Å². The molecule has 0 unspecified atom stereocenters. The Bertz CT molecular complexity index is 238. The Balaban J connectivity index is 2.18. The average molecular weight is 149 g/mol. The van der Waals surface area contributed by atoms with Crippen LogP contribution in [0.1, 0.15) is 30.9 Å². The summed E-state index contributed by atoms with van der Waals surface area (Å²) >= 11 is 0. The van der Waals surface area contributed by atoms with Crippen LogP contribution in [-0.4, -0.2) is 10.1 Å². The predicted octanol–water partition coefficient (Wildman–Crippen LogP) is 2.05. The molecule has 0 bridgehead atoms. The molecule has 0 saturated heterocycles. The van der Waals surface area contributed by atoms with E-state index in [1.807, 2.05) is 6.07 Å². The largest absolute Gasteiger partial charge is 0.506 e. The molecule has 0 atom stereocenters. The molecule has 0 aliphatic heterocycles. The summed E-state index contributed by atoms with van der Waals surface area (Å²) in [5.41, 5.74) is 1.13. The van der Waals surface area contributed by atoms with Gasteiger partial charge in [0.05, 0.1) is 6.20 Å². The summed E-state index contributed by atoms with van der Waals surface area (Å²) in [7, 11) is 0. The normalized spacial score (nSPS) is 17.8. The van der Waals surface area contributed by atoms with Crippen LogP contribution in [-0.2, 0) is 0 Å². The molecule has 1 aliphatic carbocycles. The maximum absolute atomic E-state index is 8.97. The highest BCUT2D eigenvalue weighted by Gasteiger charge is 2.20. The van der Waals surface area contributed by atoms with Crippen LogP contribution in [0.5, 0.6) is 5.75 Å². The van der Waals surface area contributed by atoms with Crippen LogP contribution in [0.3, 0.4) is 0 Å². The Labute approximate surface area is 65.9 Å². The minimum Gasteiger partial charge on any atom is -0.506 e. The molecule has 1 heterocycles. The molecular formula is C9H11NO. The van der Waals surface area contributed by atoms with Crippen LogP contribution in [0.4, 0.5) is 0 Å². The first-order valence-electron chi connectivity index (χ1n) is 4.01. The van der Waals surface area contributed by atoms with Crippen LogP contribution in [0, 0.1) is 0 Å². The monoisotopic (exact) mass is 149 g/mol. The van der Waals surface area contributed by atoms with E-state index in [0.717, 1.165) is 5.69 Å². The zero-order chi connectivity index (χ0) is 7.68. The summed E-state index contributed by atoms with van der Waals surface area (Å²) in [5.74, 6) is 0.920. The smallest absolute Gasteiger partial charge is 0.133 e. The highest BCUT2D eigenvalue weighted by atomic mass is 16.3. The minimum absolute atomic E-state index is 0.257. The molecule has 11 heavy (non-hydrogen) atoms. The van der Waals surface area contributed by atoms with Gasteiger partial charge in [0.1, 0.15) is 5.75 Å². The molecule has 2 heteroatoms. The van der Waals surface area contributed by atoms with Crippen molar-refractivity contribution in [2.24, 2.45) is 0 Å². The molecule has 1 aromatic heterocycles. The first-order chi connectivity index (χ1) is 5.36. The van der Waals surface area contributed by atoms with E-state index in [1.54, 1.807) is 6.07 Å². The van der Waals surface area contributed by atoms with Crippen LogP contribution in [0.15, 0.2) is 18.3 Å². The Kier molecular flexibility index (Phi) is 1.53. The van der Waals surface area contributed by atoms with Crippen molar-refractivity contribution in [3.8, 4) is 5.75 Å². The lowest BCUT2D eigenvalue weighted by molar-refractivity contribution is 0.408. The van der Waals surface area contributed by atoms with E-state index >= 15 is 0 Å². The highest BCUT2D eigenvalue weighted by molar-refractivity contribution is 5.21. The van der Waals surface area contributed by atoms with Crippen LogP contribution < -0.4 is 0 Å². The summed E-state index contributed by atoms with van der Waals surface area (Å²) in [6.45, 7) is 0. The molecule has 0 radical (unpaired) electrons. The van der Waals surface area contributed by atoms with Crippen molar-refractivity contribution < 1.29 is 5.11 Å². The molecule has 2 rings (SSSR count). The third-order valence-corrected chi connectivity index (χ3v) is 2.29. The van der Waals surface area contributed by atoms with Crippen molar-refractivity contribution in [3.63, 3.8) is 0 Å². The van der Waals surface area contributed by atoms with Crippen LogP contribution >= 0.6 is 0 Å². The van der Waals surface area contributed by atoms with E-state index < -0.39 is 0 Å². The average Bonchev–Trinajstić information content (AvgIpc) is 1.90. The van der Waals surface area contributed by atoms with Gasteiger partial charge in [0.15, 0.2) is 0 Å². The Hall–Kier alpha value is -1.05. The van der Waals surface area contributed by atoms with Gasteiger partial charge in [0.25, 0.3) is 0 Å². The quantitative estimate of drug-likeness (QED) is 0.663. The summed E-state index contributed by atoms with van der Waals surface area (Å²) in [5, 5.41) is 8.97. The van der Waals surface area contributed by atoms with Crippen molar-refractivity contribution in [1.29, 1.82) is 0 Å². The number of pyridine rings is 1. The Morgan fingerprint density at radius 2 is 2.18 bits per heavy atom. The van der Waals surface area contributed by atoms with Gasteiger partial charge >= 0.3 is 0 Å². The fourth-order valence-corrected chi connectivity index (χ4v) is 1.34. The number of hydrogen-bond acceptors (Lipinski definition) is 2. The molecule has 58 valence electrons. The number of hydrogen-bond donors (Lipinski definition) is 1. The Morgan fingerprint density at radius 1 is 1.36 bits per heavy atom. The van der Waals surface area contributed by atoms with E-state index in [4.69, 9.17) is 5.11 Å². The Morgan fingerprint density at radius 3 is 2.64 bits per heavy atom. The number of nitrogens with zero attached hydrogens (tertiary/aromatic N) is 1. The number of aromatic nitrogens is 1. The van der Waals surface area contributed by atoms with Crippen LogP contribution in [0.2, 0.25) is 0 Å². The first-order valence-corrected chi connectivity index (χ1v) is 4.01.